The number of carbonyl (C=O) groups excluding carboxylic acids is 1. The number of terminal acetylenes is 1. The number of carbonyl (C=O) groups is 1. The number of nitrogens with two attached hydrogens (primary N) is 1. The van der Waals surface area contributed by atoms with Crippen LogP contribution in [-0.2, 0) is 6.42 Å². The maximum absolute atomic E-state index is 11.0. The summed E-state index contributed by atoms with van der Waals surface area (Å²) in [5.41, 5.74) is 9.96. The van der Waals surface area contributed by atoms with Gasteiger partial charge in [-0.1, -0.05) is 6.92 Å². The Morgan fingerprint density at radius 1 is 1.50 bits per heavy atom. The summed E-state index contributed by atoms with van der Waals surface area (Å²) in [6, 6.07) is 3.90. The van der Waals surface area contributed by atoms with Crippen molar-refractivity contribution in [3.8, 4) is 12.3 Å². The number of rotatable bonds is 6. The molecule has 0 radical (unpaired) electrons. The molecule has 2 N–H and O–H groups in total. The van der Waals surface area contributed by atoms with E-state index in [4.69, 9.17) is 12.2 Å². The highest BCUT2D eigenvalue weighted by atomic mass is 16.1. The van der Waals surface area contributed by atoms with Crippen molar-refractivity contribution in [1.82, 2.24) is 0 Å². The van der Waals surface area contributed by atoms with Crippen molar-refractivity contribution in [3.63, 3.8) is 0 Å². The Bertz CT molecular complexity index is 457. The fourth-order valence-corrected chi connectivity index (χ4v) is 2.29. The molecular weight excluding hydrogens is 222 g/mol. The number of hydrogen-bond acceptors (Lipinski definition) is 2. The van der Waals surface area contributed by atoms with Crippen molar-refractivity contribution in [2.75, 3.05) is 6.54 Å². The Labute approximate surface area is 110 Å². The highest BCUT2D eigenvalue weighted by Gasteiger charge is 2.13. The van der Waals surface area contributed by atoms with Gasteiger partial charge in [-0.2, -0.15) is 0 Å². The zero-order valence-corrected chi connectivity index (χ0v) is 11.2. The van der Waals surface area contributed by atoms with Crippen LogP contribution in [0.4, 0.5) is 0 Å². The summed E-state index contributed by atoms with van der Waals surface area (Å²) in [5, 5.41) is 0. The first-order chi connectivity index (χ1) is 8.63. The molecule has 1 unspecified atom stereocenters. The lowest BCUT2D eigenvalue weighted by Crippen LogP contribution is -2.07. The summed E-state index contributed by atoms with van der Waals surface area (Å²) in [6.45, 7) is 4.83. The summed E-state index contributed by atoms with van der Waals surface area (Å²) in [7, 11) is 0. The number of aldehydes is 1. The molecule has 0 aliphatic heterocycles. The maximum atomic E-state index is 11.0. The molecule has 1 atom stereocenters. The average molecular weight is 243 g/mol. The van der Waals surface area contributed by atoms with Crippen molar-refractivity contribution < 1.29 is 4.79 Å². The van der Waals surface area contributed by atoms with E-state index in [-0.39, 0.29) is 5.92 Å². The molecule has 0 aliphatic rings. The van der Waals surface area contributed by atoms with Crippen molar-refractivity contribution in [3.05, 3.63) is 34.4 Å². The van der Waals surface area contributed by atoms with Crippen molar-refractivity contribution in [1.29, 1.82) is 0 Å². The van der Waals surface area contributed by atoms with Gasteiger partial charge < -0.3 is 5.73 Å². The number of benzene rings is 1. The molecule has 0 spiro atoms. The Hall–Kier alpha value is -1.59. The predicted molar refractivity (Wildman–Crippen MR) is 75.8 cm³/mol. The minimum atomic E-state index is 0.279. The van der Waals surface area contributed by atoms with E-state index in [2.05, 4.69) is 12.8 Å². The topological polar surface area (TPSA) is 43.1 Å². The zero-order valence-electron chi connectivity index (χ0n) is 11.2. The minimum absolute atomic E-state index is 0.279. The summed E-state index contributed by atoms with van der Waals surface area (Å²) in [5.74, 6) is 2.97. The summed E-state index contributed by atoms with van der Waals surface area (Å²) in [6.07, 6.45) is 8.88. The molecule has 96 valence electrons. The predicted octanol–water partition coefficient (Wildman–Crippen LogP) is 2.83. The van der Waals surface area contributed by atoms with Crippen LogP contribution in [0.3, 0.4) is 0 Å². The van der Waals surface area contributed by atoms with Gasteiger partial charge in [-0.3, -0.25) is 4.79 Å². The molecule has 0 aromatic heterocycles. The van der Waals surface area contributed by atoms with Gasteiger partial charge in [0.1, 0.15) is 6.29 Å². The van der Waals surface area contributed by atoms with Crippen LogP contribution < -0.4 is 5.73 Å². The Morgan fingerprint density at radius 2 is 2.22 bits per heavy atom. The lowest BCUT2D eigenvalue weighted by Gasteiger charge is -2.18. The standard InChI is InChI=1S/C16H21NO/c1-4-6-12(2)16-10-14(11-18)9-13(3)15(16)7-5-8-17/h1,9-12H,5-8,17H2,2-3H3. The van der Waals surface area contributed by atoms with Crippen LogP contribution in [0.1, 0.15) is 52.7 Å². The lowest BCUT2D eigenvalue weighted by atomic mass is 9.87. The molecule has 2 nitrogen and oxygen atoms in total. The van der Waals surface area contributed by atoms with Gasteiger partial charge in [0.2, 0.25) is 0 Å². The van der Waals surface area contributed by atoms with Crippen LogP contribution in [0.2, 0.25) is 0 Å². The number of hydrogen-bond donors (Lipinski definition) is 1. The van der Waals surface area contributed by atoms with E-state index in [0.29, 0.717) is 13.0 Å². The number of aryl methyl sites for hydroxylation is 1. The van der Waals surface area contributed by atoms with Gasteiger partial charge in [-0.25, -0.2) is 0 Å². The molecule has 0 heterocycles. The van der Waals surface area contributed by atoms with Gasteiger partial charge in [-0.15, -0.1) is 12.3 Å². The first-order valence-corrected chi connectivity index (χ1v) is 6.36. The molecule has 0 fully saturated rings. The summed E-state index contributed by atoms with van der Waals surface area (Å²) < 4.78 is 0. The molecule has 18 heavy (non-hydrogen) atoms. The second-order valence-electron chi connectivity index (χ2n) is 4.72. The second kappa shape index (κ2) is 6.98. The highest BCUT2D eigenvalue weighted by molar-refractivity contribution is 5.76. The van der Waals surface area contributed by atoms with Crippen molar-refractivity contribution in [2.45, 2.75) is 39.0 Å². The van der Waals surface area contributed by atoms with E-state index in [1.807, 2.05) is 19.1 Å². The Morgan fingerprint density at radius 3 is 2.78 bits per heavy atom. The lowest BCUT2D eigenvalue weighted by molar-refractivity contribution is 0.112. The van der Waals surface area contributed by atoms with Crippen LogP contribution in [0.25, 0.3) is 0 Å². The Balaban J connectivity index is 3.20. The largest absolute Gasteiger partial charge is 0.330 e. The van der Waals surface area contributed by atoms with Gasteiger partial charge in [0.05, 0.1) is 0 Å². The molecule has 0 amide bonds. The molecule has 1 rings (SSSR count). The summed E-state index contributed by atoms with van der Waals surface area (Å²) >= 11 is 0. The van der Waals surface area contributed by atoms with E-state index >= 15 is 0 Å². The highest BCUT2D eigenvalue weighted by Crippen LogP contribution is 2.27. The van der Waals surface area contributed by atoms with E-state index < -0.39 is 0 Å². The zero-order chi connectivity index (χ0) is 13.5. The average Bonchev–Trinajstić information content (AvgIpc) is 2.36. The molecule has 0 saturated heterocycles. The minimum Gasteiger partial charge on any atom is -0.330 e. The Kier molecular flexibility index (Phi) is 5.61. The van der Waals surface area contributed by atoms with Crippen LogP contribution in [-0.4, -0.2) is 12.8 Å². The SMILES string of the molecule is C#CCC(C)c1cc(C=O)cc(C)c1CCCN. The fourth-order valence-electron chi connectivity index (χ4n) is 2.29. The third kappa shape index (κ3) is 3.45. The van der Waals surface area contributed by atoms with Gasteiger partial charge >= 0.3 is 0 Å². The first kappa shape index (κ1) is 14.5. The first-order valence-electron chi connectivity index (χ1n) is 6.36. The van der Waals surface area contributed by atoms with Crippen molar-refractivity contribution >= 4 is 6.29 Å². The fraction of sp³-hybridized carbons (Fsp3) is 0.438. The van der Waals surface area contributed by atoms with E-state index in [1.54, 1.807) is 0 Å². The van der Waals surface area contributed by atoms with Gasteiger partial charge in [-0.05, 0) is 61.1 Å². The van der Waals surface area contributed by atoms with Crippen LogP contribution in [0.5, 0.6) is 0 Å². The summed E-state index contributed by atoms with van der Waals surface area (Å²) in [4.78, 5) is 11.0. The van der Waals surface area contributed by atoms with E-state index in [1.165, 1.54) is 11.1 Å². The smallest absolute Gasteiger partial charge is 0.150 e. The third-order valence-corrected chi connectivity index (χ3v) is 3.25. The quantitative estimate of drug-likeness (QED) is 0.616. The maximum Gasteiger partial charge on any atom is 0.150 e. The molecule has 1 aromatic carbocycles. The van der Waals surface area contributed by atoms with Crippen LogP contribution >= 0.6 is 0 Å². The van der Waals surface area contributed by atoms with E-state index in [9.17, 15) is 4.79 Å². The molecule has 0 bridgehead atoms. The van der Waals surface area contributed by atoms with Crippen molar-refractivity contribution in [2.24, 2.45) is 5.73 Å². The molecule has 1 aromatic rings. The van der Waals surface area contributed by atoms with Crippen LogP contribution in [0.15, 0.2) is 12.1 Å². The molecular formula is C16H21NO. The van der Waals surface area contributed by atoms with Gasteiger partial charge in [0.25, 0.3) is 0 Å². The molecule has 0 aliphatic carbocycles. The molecule has 0 saturated carbocycles. The molecule has 2 heteroatoms. The normalized spacial score (nSPS) is 11.9. The van der Waals surface area contributed by atoms with Gasteiger partial charge in [0.15, 0.2) is 0 Å². The third-order valence-electron chi connectivity index (χ3n) is 3.25. The van der Waals surface area contributed by atoms with Gasteiger partial charge in [0, 0.05) is 12.0 Å². The monoisotopic (exact) mass is 243 g/mol. The van der Waals surface area contributed by atoms with E-state index in [0.717, 1.165) is 30.3 Å². The second-order valence-corrected chi connectivity index (χ2v) is 4.72. The van der Waals surface area contributed by atoms with Crippen LogP contribution in [0, 0.1) is 19.3 Å².